The molecule has 0 aliphatic carbocycles. The molecule has 104 valence electrons. The lowest BCUT2D eigenvalue weighted by atomic mass is 10.0. The lowest BCUT2D eigenvalue weighted by Crippen LogP contribution is -2.37. The molecule has 1 heterocycles. The van der Waals surface area contributed by atoms with Crippen molar-refractivity contribution in [1.82, 2.24) is 4.90 Å². The molecule has 2 rings (SSSR count). The molecule has 0 saturated carbocycles. The molecular formula is C16H24N2O. The molecule has 0 saturated heterocycles. The molecule has 3 heteroatoms. The van der Waals surface area contributed by atoms with Gasteiger partial charge in [0.1, 0.15) is 0 Å². The van der Waals surface area contributed by atoms with Crippen LogP contribution in [0.1, 0.15) is 37.3 Å². The van der Waals surface area contributed by atoms with Gasteiger partial charge in [-0.15, -0.1) is 0 Å². The summed E-state index contributed by atoms with van der Waals surface area (Å²) in [5.74, 6) is 0.216. The van der Waals surface area contributed by atoms with Crippen molar-refractivity contribution >= 4 is 5.91 Å². The Balaban J connectivity index is 1.92. The number of fused-ring (bicyclic) bond motifs is 1. The van der Waals surface area contributed by atoms with Crippen LogP contribution in [0.15, 0.2) is 24.3 Å². The SMILES string of the molecule is CCCC(N)CC(=O)N1CCc2ccccc2CC1. The molecule has 0 fully saturated rings. The lowest BCUT2D eigenvalue weighted by molar-refractivity contribution is -0.131. The topological polar surface area (TPSA) is 46.3 Å². The third-order valence-electron chi connectivity index (χ3n) is 3.87. The van der Waals surface area contributed by atoms with Gasteiger partial charge in [0.15, 0.2) is 0 Å². The summed E-state index contributed by atoms with van der Waals surface area (Å²) >= 11 is 0. The van der Waals surface area contributed by atoms with Crippen LogP contribution in [0.2, 0.25) is 0 Å². The zero-order chi connectivity index (χ0) is 13.7. The van der Waals surface area contributed by atoms with E-state index in [2.05, 4.69) is 31.2 Å². The van der Waals surface area contributed by atoms with E-state index in [1.807, 2.05) is 4.90 Å². The minimum Gasteiger partial charge on any atom is -0.342 e. The molecule has 1 amide bonds. The number of benzene rings is 1. The highest BCUT2D eigenvalue weighted by Crippen LogP contribution is 2.16. The molecule has 1 aliphatic rings. The Kier molecular flexibility index (Phi) is 4.97. The van der Waals surface area contributed by atoms with Gasteiger partial charge in [0, 0.05) is 25.6 Å². The first kappa shape index (κ1) is 14.1. The van der Waals surface area contributed by atoms with E-state index in [0.29, 0.717) is 6.42 Å². The first-order valence-corrected chi connectivity index (χ1v) is 7.31. The highest BCUT2D eigenvalue weighted by molar-refractivity contribution is 5.77. The summed E-state index contributed by atoms with van der Waals surface area (Å²) in [5.41, 5.74) is 8.74. The van der Waals surface area contributed by atoms with E-state index in [0.717, 1.165) is 38.8 Å². The second kappa shape index (κ2) is 6.71. The number of carbonyl (C=O) groups excluding carboxylic acids is 1. The van der Waals surface area contributed by atoms with E-state index in [1.54, 1.807) is 0 Å². The van der Waals surface area contributed by atoms with Crippen molar-refractivity contribution in [2.75, 3.05) is 13.1 Å². The number of nitrogens with zero attached hydrogens (tertiary/aromatic N) is 1. The monoisotopic (exact) mass is 260 g/mol. The zero-order valence-corrected chi connectivity index (χ0v) is 11.8. The molecule has 1 aliphatic heterocycles. The van der Waals surface area contributed by atoms with Crippen LogP contribution in [-0.4, -0.2) is 29.9 Å². The van der Waals surface area contributed by atoms with Crippen LogP contribution >= 0.6 is 0 Å². The van der Waals surface area contributed by atoms with E-state index in [9.17, 15) is 4.79 Å². The summed E-state index contributed by atoms with van der Waals surface area (Å²) in [6.07, 6.45) is 4.39. The molecule has 3 nitrogen and oxygen atoms in total. The van der Waals surface area contributed by atoms with Gasteiger partial charge in [0.05, 0.1) is 0 Å². The normalized spacial score (nSPS) is 16.6. The van der Waals surface area contributed by atoms with Crippen molar-refractivity contribution in [3.05, 3.63) is 35.4 Å². The third kappa shape index (κ3) is 3.80. The first-order chi connectivity index (χ1) is 9.20. The van der Waals surface area contributed by atoms with E-state index in [1.165, 1.54) is 11.1 Å². The fourth-order valence-corrected chi connectivity index (χ4v) is 2.74. The maximum Gasteiger partial charge on any atom is 0.224 e. The Morgan fingerprint density at radius 2 is 1.84 bits per heavy atom. The molecule has 1 atom stereocenters. The van der Waals surface area contributed by atoms with E-state index in [-0.39, 0.29) is 11.9 Å². The van der Waals surface area contributed by atoms with Gasteiger partial charge in [-0.25, -0.2) is 0 Å². The Hall–Kier alpha value is -1.35. The largest absolute Gasteiger partial charge is 0.342 e. The maximum atomic E-state index is 12.2. The summed E-state index contributed by atoms with van der Waals surface area (Å²) in [6.45, 7) is 3.76. The van der Waals surface area contributed by atoms with Gasteiger partial charge in [-0.1, -0.05) is 37.6 Å². The van der Waals surface area contributed by atoms with Crippen LogP contribution in [0.4, 0.5) is 0 Å². The van der Waals surface area contributed by atoms with Crippen LogP contribution in [0.25, 0.3) is 0 Å². The summed E-state index contributed by atoms with van der Waals surface area (Å²) in [4.78, 5) is 14.2. The van der Waals surface area contributed by atoms with E-state index in [4.69, 9.17) is 5.73 Å². The highest BCUT2D eigenvalue weighted by Gasteiger charge is 2.19. The van der Waals surface area contributed by atoms with Gasteiger partial charge in [-0.05, 0) is 30.4 Å². The van der Waals surface area contributed by atoms with Crippen LogP contribution in [0.5, 0.6) is 0 Å². The Labute approximate surface area is 115 Å². The smallest absolute Gasteiger partial charge is 0.224 e. The predicted octanol–water partition coefficient (Wildman–Crippen LogP) is 2.13. The quantitative estimate of drug-likeness (QED) is 0.901. The fraction of sp³-hybridized carbons (Fsp3) is 0.562. The highest BCUT2D eigenvalue weighted by atomic mass is 16.2. The van der Waals surface area contributed by atoms with Gasteiger partial charge in [0.2, 0.25) is 5.91 Å². The summed E-state index contributed by atoms with van der Waals surface area (Å²) < 4.78 is 0. The van der Waals surface area contributed by atoms with Crippen molar-refractivity contribution in [1.29, 1.82) is 0 Å². The average Bonchev–Trinajstić information content (AvgIpc) is 2.61. The number of rotatable bonds is 4. The molecule has 1 aromatic rings. The van der Waals surface area contributed by atoms with Gasteiger partial charge < -0.3 is 10.6 Å². The zero-order valence-electron chi connectivity index (χ0n) is 11.8. The van der Waals surface area contributed by atoms with Crippen LogP contribution < -0.4 is 5.73 Å². The molecular weight excluding hydrogens is 236 g/mol. The molecule has 0 spiro atoms. The molecule has 1 unspecified atom stereocenters. The predicted molar refractivity (Wildman–Crippen MR) is 77.9 cm³/mol. The number of hydrogen-bond donors (Lipinski definition) is 1. The Morgan fingerprint density at radius 3 is 2.37 bits per heavy atom. The minimum absolute atomic E-state index is 0.0168. The summed E-state index contributed by atoms with van der Waals surface area (Å²) in [7, 11) is 0. The summed E-state index contributed by atoms with van der Waals surface area (Å²) in [6, 6.07) is 8.52. The summed E-state index contributed by atoms with van der Waals surface area (Å²) in [5, 5.41) is 0. The van der Waals surface area contributed by atoms with Crippen LogP contribution in [0, 0.1) is 0 Å². The van der Waals surface area contributed by atoms with E-state index >= 15 is 0 Å². The van der Waals surface area contributed by atoms with Crippen LogP contribution in [0.3, 0.4) is 0 Å². The Bertz CT molecular complexity index is 404. The van der Waals surface area contributed by atoms with Crippen molar-refractivity contribution in [3.63, 3.8) is 0 Å². The fourth-order valence-electron chi connectivity index (χ4n) is 2.74. The minimum atomic E-state index is 0.0168. The molecule has 0 radical (unpaired) electrons. The van der Waals surface area contributed by atoms with Crippen molar-refractivity contribution in [3.8, 4) is 0 Å². The van der Waals surface area contributed by atoms with Crippen LogP contribution in [-0.2, 0) is 17.6 Å². The lowest BCUT2D eigenvalue weighted by Gasteiger charge is -2.22. The number of nitrogens with two attached hydrogens (primary N) is 1. The number of hydrogen-bond acceptors (Lipinski definition) is 2. The van der Waals surface area contributed by atoms with E-state index < -0.39 is 0 Å². The molecule has 19 heavy (non-hydrogen) atoms. The second-order valence-electron chi connectivity index (χ2n) is 5.40. The van der Waals surface area contributed by atoms with Crippen molar-refractivity contribution in [2.45, 2.75) is 45.1 Å². The Morgan fingerprint density at radius 1 is 1.26 bits per heavy atom. The van der Waals surface area contributed by atoms with Gasteiger partial charge >= 0.3 is 0 Å². The maximum absolute atomic E-state index is 12.2. The molecule has 1 aromatic carbocycles. The molecule has 0 bridgehead atoms. The van der Waals surface area contributed by atoms with Gasteiger partial charge in [-0.2, -0.15) is 0 Å². The van der Waals surface area contributed by atoms with Gasteiger partial charge in [-0.3, -0.25) is 4.79 Å². The number of amides is 1. The average molecular weight is 260 g/mol. The standard InChI is InChI=1S/C16H24N2O/c1-2-5-15(17)12-16(19)18-10-8-13-6-3-4-7-14(13)9-11-18/h3-4,6-7,15H,2,5,8-12,17H2,1H3. The second-order valence-corrected chi connectivity index (χ2v) is 5.40. The molecule has 2 N–H and O–H groups in total. The first-order valence-electron chi connectivity index (χ1n) is 7.31. The third-order valence-corrected chi connectivity index (χ3v) is 3.87. The molecule has 0 aromatic heterocycles. The number of carbonyl (C=O) groups is 1. The van der Waals surface area contributed by atoms with Crippen molar-refractivity contribution < 1.29 is 4.79 Å². The van der Waals surface area contributed by atoms with Gasteiger partial charge in [0.25, 0.3) is 0 Å². The van der Waals surface area contributed by atoms with Crippen molar-refractivity contribution in [2.24, 2.45) is 5.73 Å².